The molecule has 2 N–H and O–H groups in total. The number of rotatable bonds is 5. The summed E-state index contributed by atoms with van der Waals surface area (Å²) in [5, 5.41) is 4.49. The van der Waals surface area contributed by atoms with Gasteiger partial charge in [-0.3, -0.25) is 9.78 Å². The third kappa shape index (κ3) is 4.17. The molecule has 2 aromatic carbocycles. The molecule has 6 nitrogen and oxygen atoms in total. The van der Waals surface area contributed by atoms with Crippen molar-refractivity contribution < 1.29 is 4.79 Å². The average molecular weight is 395 g/mol. The van der Waals surface area contributed by atoms with Crippen LogP contribution in [0.25, 0.3) is 34.3 Å². The number of hydrogen-bond acceptors (Lipinski definition) is 4. The largest absolute Gasteiger partial charge is 0.366 e. The third-order valence-corrected chi connectivity index (χ3v) is 4.71. The number of amides is 1. The number of nitrogens with two attached hydrogens (primary N) is 1. The zero-order chi connectivity index (χ0) is 21.1. The van der Waals surface area contributed by atoms with Gasteiger partial charge in [-0.05, 0) is 48.7 Å². The lowest BCUT2D eigenvalue weighted by atomic mass is 10.0. The van der Waals surface area contributed by atoms with Gasteiger partial charge in [0.15, 0.2) is 5.82 Å². The van der Waals surface area contributed by atoms with E-state index in [4.69, 9.17) is 5.73 Å². The maximum Gasteiger partial charge on any atom is 0.250 e. The zero-order valence-electron chi connectivity index (χ0n) is 16.8. The Kier molecular flexibility index (Phi) is 5.22. The van der Waals surface area contributed by atoms with E-state index in [1.165, 1.54) is 4.68 Å². The Balaban J connectivity index is 1.65. The number of carbonyl (C=O) groups excluding carboxylic acids is 1. The molecule has 0 spiro atoms. The van der Waals surface area contributed by atoms with Gasteiger partial charge in [0.2, 0.25) is 0 Å². The highest BCUT2D eigenvalue weighted by atomic mass is 16.1. The van der Waals surface area contributed by atoms with Gasteiger partial charge in [-0.15, -0.1) is 5.10 Å². The van der Waals surface area contributed by atoms with Crippen molar-refractivity contribution in [3.8, 4) is 22.5 Å². The lowest BCUT2D eigenvalue weighted by Crippen LogP contribution is -2.13. The van der Waals surface area contributed by atoms with Crippen LogP contribution in [0.1, 0.15) is 16.7 Å². The van der Waals surface area contributed by atoms with Gasteiger partial charge in [-0.1, -0.05) is 47.5 Å². The van der Waals surface area contributed by atoms with Crippen molar-refractivity contribution in [2.24, 2.45) is 5.73 Å². The first-order chi connectivity index (χ1) is 14.5. The molecule has 4 rings (SSSR count). The van der Waals surface area contributed by atoms with Crippen LogP contribution in [0.2, 0.25) is 0 Å². The molecule has 0 aliphatic carbocycles. The molecular formula is C24H21N5O. The highest BCUT2D eigenvalue weighted by Gasteiger charge is 2.11. The third-order valence-electron chi connectivity index (χ3n) is 4.71. The number of nitrogens with zero attached hydrogens (tertiary/aromatic N) is 4. The minimum Gasteiger partial charge on any atom is -0.366 e. The van der Waals surface area contributed by atoms with E-state index in [2.05, 4.69) is 21.1 Å². The second-order valence-electron chi connectivity index (χ2n) is 7.15. The first-order valence-electron chi connectivity index (χ1n) is 9.52. The molecule has 2 aromatic heterocycles. The van der Waals surface area contributed by atoms with Crippen LogP contribution in [0.15, 0.2) is 73.3 Å². The van der Waals surface area contributed by atoms with E-state index in [0.29, 0.717) is 17.0 Å². The summed E-state index contributed by atoms with van der Waals surface area (Å²) >= 11 is 0. The van der Waals surface area contributed by atoms with Gasteiger partial charge in [-0.25, -0.2) is 9.67 Å². The Morgan fingerprint density at radius 1 is 0.967 bits per heavy atom. The van der Waals surface area contributed by atoms with E-state index < -0.39 is 5.91 Å². The van der Waals surface area contributed by atoms with Crippen molar-refractivity contribution in [1.82, 2.24) is 19.7 Å². The van der Waals surface area contributed by atoms with Crippen LogP contribution in [-0.2, 0) is 4.79 Å². The quantitative estimate of drug-likeness (QED) is 0.515. The first-order valence-corrected chi connectivity index (χ1v) is 9.52. The molecule has 0 aliphatic heterocycles. The van der Waals surface area contributed by atoms with Crippen molar-refractivity contribution in [1.29, 1.82) is 0 Å². The zero-order valence-corrected chi connectivity index (χ0v) is 16.8. The molecule has 1 amide bonds. The summed E-state index contributed by atoms with van der Waals surface area (Å²) in [6.07, 6.45) is 6.69. The van der Waals surface area contributed by atoms with Gasteiger partial charge in [0.25, 0.3) is 5.91 Å². The number of aromatic nitrogens is 4. The summed E-state index contributed by atoms with van der Waals surface area (Å²) in [5.41, 5.74) is 11.9. The fourth-order valence-corrected chi connectivity index (χ4v) is 3.36. The second-order valence-corrected chi connectivity index (χ2v) is 7.15. The number of aryl methyl sites for hydroxylation is 2. The normalized spacial score (nSPS) is 11.5. The lowest BCUT2D eigenvalue weighted by Gasteiger charge is -2.06. The van der Waals surface area contributed by atoms with E-state index in [9.17, 15) is 4.79 Å². The summed E-state index contributed by atoms with van der Waals surface area (Å²) in [7, 11) is 0. The van der Waals surface area contributed by atoms with E-state index >= 15 is 0 Å². The van der Waals surface area contributed by atoms with Crippen molar-refractivity contribution in [3.05, 3.63) is 90.0 Å². The molecule has 148 valence electrons. The standard InChI is InChI=1S/C24H21N5O/c1-16-10-17(2)12-21(11-16)24-27-15-29(28-24)14-22(23(25)30)19-7-5-18(6-8-19)20-4-3-9-26-13-20/h3-15H,1-2H3,(H2,25,30). The summed E-state index contributed by atoms with van der Waals surface area (Å²) in [6, 6.07) is 17.6. The molecule has 0 saturated heterocycles. The summed E-state index contributed by atoms with van der Waals surface area (Å²) in [5.74, 6) is 0.0568. The Morgan fingerprint density at radius 2 is 1.70 bits per heavy atom. The van der Waals surface area contributed by atoms with Gasteiger partial charge in [0.1, 0.15) is 6.33 Å². The first kappa shape index (κ1) is 19.3. The summed E-state index contributed by atoms with van der Waals surface area (Å²) in [4.78, 5) is 20.6. The predicted octanol–water partition coefficient (Wildman–Crippen LogP) is 4.11. The molecule has 0 unspecified atom stereocenters. The van der Waals surface area contributed by atoms with Gasteiger partial charge in [-0.2, -0.15) is 0 Å². The molecule has 0 fully saturated rings. The Labute approximate surface area is 174 Å². The highest BCUT2D eigenvalue weighted by molar-refractivity contribution is 6.22. The van der Waals surface area contributed by atoms with Gasteiger partial charge >= 0.3 is 0 Å². The van der Waals surface area contributed by atoms with E-state index in [1.807, 2.05) is 62.4 Å². The summed E-state index contributed by atoms with van der Waals surface area (Å²) < 4.78 is 1.52. The maximum absolute atomic E-state index is 12.1. The van der Waals surface area contributed by atoms with Crippen LogP contribution < -0.4 is 5.73 Å². The van der Waals surface area contributed by atoms with Crippen LogP contribution in [0.4, 0.5) is 0 Å². The van der Waals surface area contributed by atoms with E-state index in [1.54, 1.807) is 24.9 Å². The van der Waals surface area contributed by atoms with Crippen molar-refractivity contribution in [2.75, 3.05) is 0 Å². The highest BCUT2D eigenvalue weighted by Crippen LogP contribution is 2.23. The minimum absolute atomic E-state index is 0.351. The average Bonchev–Trinajstić information content (AvgIpc) is 3.21. The second kappa shape index (κ2) is 8.13. The monoisotopic (exact) mass is 395 g/mol. The summed E-state index contributed by atoms with van der Waals surface area (Å²) in [6.45, 7) is 4.07. The van der Waals surface area contributed by atoms with Crippen LogP contribution in [-0.4, -0.2) is 25.7 Å². The topological polar surface area (TPSA) is 86.7 Å². The minimum atomic E-state index is -0.535. The molecule has 0 aliphatic rings. The molecule has 0 radical (unpaired) electrons. The fraction of sp³-hybridized carbons (Fsp3) is 0.0833. The van der Waals surface area contributed by atoms with E-state index in [-0.39, 0.29) is 0 Å². The lowest BCUT2D eigenvalue weighted by molar-refractivity contribution is -0.112. The predicted molar refractivity (Wildman–Crippen MR) is 118 cm³/mol. The molecule has 6 heteroatoms. The molecule has 30 heavy (non-hydrogen) atoms. The Hall–Kier alpha value is -4.06. The van der Waals surface area contributed by atoms with Gasteiger partial charge in [0, 0.05) is 24.2 Å². The smallest absolute Gasteiger partial charge is 0.250 e. The van der Waals surface area contributed by atoms with Crippen molar-refractivity contribution in [2.45, 2.75) is 13.8 Å². The number of carbonyl (C=O) groups is 1. The molecular weight excluding hydrogens is 374 g/mol. The maximum atomic E-state index is 12.1. The number of primary amides is 1. The van der Waals surface area contributed by atoms with Crippen molar-refractivity contribution >= 4 is 17.7 Å². The molecule has 2 heterocycles. The van der Waals surface area contributed by atoms with Crippen LogP contribution >= 0.6 is 0 Å². The molecule has 4 aromatic rings. The number of hydrogen-bond donors (Lipinski definition) is 1. The van der Waals surface area contributed by atoms with E-state index in [0.717, 1.165) is 27.8 Å². The van der Waals surface area contributed by atoms with Crippen molar-refractivity contribution in [3.63, 3.8) is 0 Å². The fourth-order valence-electron chi connectivity index (χ4n) is 3.36. The molecule has 0 atom stereocenters. The Morgan fingerprint density at radius 3 is 2.33 bits per heavy atom. The van der Waals surface area contributed by atoms with Crippen LogP contribution in [0.5, 0.6) is 0 Å². The number of benzene rings is 2. The Bertz CT molecular complexity index is 1200. The SMILES string of the molecule is Cc1cc(C)cc(-c2ncn(C=C(C(N)=O)c3ccc(-c4cccnc4)cc3)n2)c1. The molecule has 0 bridgehead atoms. The van der Waals surface area contributed by atoms with Crippen LogP contribution in [0.3, 0.4) is 0 Å². The number of pyridine rings is 1. The van der Waals surface area contributed by atoms with Gasteiger partial charge in [0.05, 0.1) is 5.57 Å². The van der Waals surface area contributed by atoms with Gasteiger partial charge < -0.3 is 5.73 Å². The van der Waals surface area contributed by atoms with Crippen LogP contribution in [0, 0.1) is 13.8 Å². The molecule has 0 saturated carbocycles.